The number of rotatable bonds is 10. The predicted molar refractivity (Wildman–Crippen MR) is 160 cm³/mol. The maximum Gasteiger partial charge on any atom is 0.312 e. The Morgan fingerprint density at radius 2 is 1.31 bits per heavy atom. The molecule has 7 saturated carbocycles. The fourth-order valence-electron chi connectivity index (χ4n) is 13.5. The summed E-state index contributed by atoms with van der Waals surface area (Å²) < 4.78 is 17.1. The number of nitrogens with one attached hydrogen (secondary N) is 1. The standard InChI is InChI=1S/C36H55NO5/c1-7-35(3,4)31-24-15-25(32(31)36(5,6)8-2)28-23-14-22(27(24)28)29(33(38)41-17-40-16-37)30(23)34(39)42-26-13-18-12-21(26)20-11-9-10-19(18)20/h16,18-32,37H,7-15,17H2,1-6H3. The van der Waals surface area contributed by atoms with Crippen molar-refractivity contribution in [3.8, 4) is 0 Å². The fraction of sp³-hybridized carbons (Fsp3) is 0.917. The molecule has 7 aliphatic carbocycles. The highest BCUT2D eigenvalue weighted by atomic mass is 16.7. The molecule has 0 aromatic rings. The molecular formula is C36H55NO5. The molecule has 0 radical (unpaired) electrons. The molecule has 6 bridgehead atoms. The first-order valence-corrected chi connectivity index (χ1v) is 17.5. The van der Waals surface area contributed by atoms with Gasteiger partial charge in [-0.3, -0.25) is 15.0 Å². The van der Waals surface area contributed by atoms with Gasteiger partial charge in [-0.05, 0) is 120 Å². The van der Waals surface area contributed by atoms with Crippen LogP contribution in [0.5, 0.6) is 0 Å². The third-order valence-corrected chi connectivity index (χ3v) is 15.3. The van der Waals surface area contributed by atoms with Crippen LogP contribution in [-0.4, -0.2) is 31.2 Å². The van der Waals surface area contributed by atoms with E-state index in [0.29, 0.717) is 41.4 Å². The molecule has 0 heterocycles. The molecule has 0 spiro atoms. The molecule has 234 valence electrons. The van der Waals surface area contributed by atoms with Crippen molar-refractivity contribution in [1.29, 1.82) is 5.41 Å². The zero-order valence-electron chi connectivity index (χ0n) is 26.8. The normalized spacial score (nSPS) is 47.9. The summed E-state index contributed by atoms with van der Waals surface area (Å²) >= 11 is 0. The van der Waals surface area contributed by atoms with Gasteiger partial charge in [0.15, 0.2) is 6.40 Å². The van der Waals surface area contributed by atoms with Gasteiger partial charge in [0.05, 0.1) is 11.8 Å². The van der Waals surface area contributed by atoms with Crippen LogP contribution >= 0.6 is 0 Å². The Morgan fingerprint density at radius 3 is 1.90 bits per heavy atom. The topological polar surface area (TPSA) is 85.7 Å². The average molecular weight is 582 g/mol. The number of carbonyl (C=O) groups is 2. The molecule has 6 nitrogen and oxygen atoms in total. The highest BCUT2D eigenvalue weighted by Gasteiger charge is 2.74. The number of fused-ring (bicyclic) bond motifs is 14. The molecular weight excluding hydrogens is 526 g/mol. The summed E-state index contributed by atoms with van der Waals surface area (Å²) in [6.45, 7) is 14.4. The first kappa shape index (κ1) is 29.1. The summed E-state index contributed by atoms with van der Waals surface area (Å²) in [5, 5.41) is 7.19. The number of carbonyl (C=O) groups excluding carboxylic acids is 2. The minimum absolute atomic E-state index is 0.0382. The summed E-state index contributed by atoms with van der Waals surface area (Å²) in [7, 11) is 0. The summed E-state index contributed by atoms with van der Waals surface area (Å²) in [6.07, 6.45) is 11.6. The van der Waals surface area contributed by atoms with Gasteiger partial charge >= 0.3 is 11.9 Å². The summed E-state index contributed by atoms with van der Waals surface area (Å²) in [5.74, 6) is 5.50. The zero-order chi connectivity index (χ0) is 29.7. The van der Waals surface area contributed by atoms with E-state index in [0.717, 1.165) is 43.4 Å². The molecule has 7 aliphatic rings. The van der Waals surface area contributed by atoms with Crippen LogP contribution in [0.3, 0.4) is 0 Å². The number of ether oxygens (including phenoxy) is 3. The van der Waals surface area contributed by atoms with Crippen molar-refractivity contribution in [2.75, 3.05) is 6.79 Å². The summed E-state index contributed by atoms with van der Waals surface area (Å²) in [4.78, 5) is 28.1. The van der Waals surface area contributed by atoms with Crippen molar-refractivity contribution in [3.63, 3.8) is 0 Å². The Bertz CT molecular complexity index is 1100. The van der Waals surface area contributed by atoms with Gasteiger partial charge in [-0.2, -0.15) is 0 Å². The Hall–Kier alpha value is -1.59. The second-order valence-electron chi connectivity index (χ2n) is 17.1. The lowest BCUT2D eigenvalue weighted by Gasteiger charge is -2.55. The number of esters is 2. The lowest BCUT2D eigenvalue weighted by molar-refractivity contribution is -0.178. The van der Waals surface area contributed by atoms with Crippen molar-refractivity contribution >= 4 is 18.3 Å². The van der Waals surface area contributed by atoms with Crippen molar-refractivity contribution < 1.29 is 23.8 Å². The quantitative estimate of drug-likeness (QED) is 0.0728. The van der Waals surface area contributed by atoms with Gasteiger partial charge in [0, 0.05) is 0 Å². The second kappa shape index (κ2) is 10.2. The van der Waals surface area contributed by atoms with Crippen LogP contribution in [0.4, 0.5) is 0 Å². The van der Waals surface area contributed by atoms with E-state index in [1.165, 1.54) is 38.5 Å². The Balaban J connectivity index is 1.18. The van der Waals surface area contributed by atoms with Gasteiger partial charge in [0.2, 0.25) is 6.79 Å². The van der Waals surface area contributed by atoms with Crippen molar-refractivity contribution in [1.82, 2.24) is 0 Å². The molecule has 0 aromatic heterocycles. The Morgan fingerprint density at radius 1 is 0.738 bits per heavy atom. The lowest BCUT2D eigenvalue weighted by atomic mass is 9.49. The average Bonchev–Trinajstić information content (AvgIpc) is 3.79. The maximum absolute atomic E-state index is 14.3. The molecule has 0 amide bonds. The van der Waals surface area contributed by atoms with Crippen molar-refractivity contribution in [3.05, 3.63) is 0 Å². The molecule has 0 aliphatic heterocycles. The fourth-order valence-corrected chi connectivity index (χ4v) is 13.5. The van der Waals surface area contributed by atoms with Gasteiger partial charge in [-0.1, -0.05) is 60.8 Å². The molecule has 7 fully saturated rings. The molecule has 15 atom stereocenters. The van der Waals surface area contributed by atoms with Crippen LogP contribution in [0.15, 0.2) is 0 Å². The Labute approximate surface area is 253 Å². The first-order chi connectivity index (χ1) is 20.0. The van der Waals surface area contributed by atoms with E-state index < -0.39 is 11.8 Å². The lowest BCUT2D eigenvalue weighted by Crippen LogP contribution is -2.53. The molecule has 42 heavy (non-hydrogen) atoms. The van der Waals surface area contributed by atoms with Gasteiger partial charge in [-0.15, -0.1) is 0 Å². The molecule has 7 rings (SSSR count). The molecule has 0 saturated heterocycles. The van der Waals surface area contributed by atoms with Crippen LogP contribution in [0.25, 0.3) is 0 Å². The van der Waals surface area contributed by atoms with Crippen LogP contribution in [0.2, 0.25) is 0 Å². The number of hydrogen-bond donors (Lipinski definition) is 1. The van der Waals surface area contributed by atoms with Crippen molar-refractivity contribution in [2.24, 2.45) is 93.7 Å². The predicted octanol–water partition coefficient (Wildman–Crippen LogP) is 7.35. The smallest absolute Gasteiger partial charge is 0.312 e. The van der Waals surface area contributed by atoms with Gasteiger partial charge in [-0.25, -0.2) is 0 Å². The highest BCUT2D eigenvalue weighted by Crippen LogP contribution is 2.77. The van der Waals surface area contributed by atoms with E-state index in [1.54, 1.807) is 0 Å². The second-order valence-corrected chi connectivity index (χ2v) is 17.1. The maximum atomic E-state index is 14.3. The van der Waals surface area contributed by atoms with Crippen LogP contribution in [0.1, 0.15) is 99.3 Å². The molecule has 15 unspecified atom stereocenters. The Kier molecular flexibility index (Phi) is 7.09. The molecule has 1 N–H and O–H groups in total. The van der Waals surface area contributed by atoms with E-state index in [2.05, 4.69) is 41.5 Å². The van der Waals surface area contributed by atoms with Crippen molar-refractivity contribution in [2.45, 2.75) is 105 Å². The van der Waals surface area contributed by atoms with Gasteiger partial charge in [0.25, 0.3) is 0 Å². The van der Waals surface area contributed by atoms with E-state index in [-0.39, 0.29) is 47.5 Å². The SMILES string of the molecule is CCC(C)(C)C1C2CC(C3C4CC(C(C(=O)OCOC=N)C4C(=O)OC4CC5CC4C4CCCC54)C23)C1C(C)(C)CC. The van der Waals surface area contributed by atoms with Gasteiger partial charge < -0.3 is 14.2 Å². The minimum atomic E-state index is -0.446. The van der Waals surface area contributed by atoms with Gasteiger partial charge in [0.1, 0.15) is 6.10 Å². The van der Waals surface area contributed by atoms with E-state index >= 15 is 0 Å². The van der Waals surface area contributed by atoms with E-state index in [9.17, 15) is 9.59 Å². The largest absolute Gasteiger partial charge is 0.462 e. The third kappa shape index (κ3) is 4.04. The highest BCUT2D eigenvalue weighted by molar-refractivity contribution is 5.84. The van der Waals surface area contributed by atoms with E-state index in [1.807, 2.05) is 0 Å². The van der Waals surface area contributed by atoms with Crippen LogP contribution in [0, 0.1) is 99.1 Å². The van der Waals surface area contributed by atoms with E-state index in [4.69, 9.17) is 19.6 Å². The molecule has 6 heteroatoms. The summed E-state index contributed by atoms with van der Waals surface area (Å²) in [5.41, 5.74) is 0.498. The third-order valence-electron chi connectivity index (χ3n) is 15.3. The monoisotopic (exact) mass is 581 g/mol. The number of hydrogen-bond acceptors (Lipinski definition) is 6. The molecule has 0 aromatic carbocycles. The van der Waals surface area contributed by atoms with Crippen LogP contribution < -0.4 is 0 Å². The van der Waals surface area contributed by atoms with Crippen LogP contribution in [-0.2, 0) is 23.8 Å². The zero-order valence-corrected chi connectivity index (χ0v) is 26.8. The summed E-state index contributed by atoms with van der Waals surface area (Å²) in [6, 6.07) is 0. The first-order valence-electron chi connectivity index (χ1n) is 17.5. The minimum Gasteiger partial charge on any atom is -0.462 e.